The van der Waals surface area contributed by atoms with Crippen molar-refractivity contribution in [3.05, 3.63) is 48.0 Å². The minimum Gasteiger partial charge on any atom is -0.272 e. The van der Waals surface area contributed by atoms with Gasteiger partial charge in [0.15, 0.2) is 0 Å². The highest BCUT2D eigenvalue weighted by atomic mass is 32.2. The van der Waals surface area contributed by atoms with Crippen LogP contribution in [0.3, 0.4) is 0 Å². The number of nitrogens with two attached hydrogens (primary N) is 1. The number of fused-ring (bicyclic) bond motifs is 2. The van der Waals surface area contributed by atoms with Crippen LogP contribution in [0.4, 0.5) is 5.69 Å². The first kappa shape index (κ1) is 8.83. The molecule has 1 heterocycles. The maximum Gasteiger partial charge on any atom is 0.0882 e. The quantitative estimate of drug-likeness (QED) is 0.683. The van der Waals surface area contributed by atoms with Gasteiger partial charge < -0.3 is 0 Å². The molecule has 74 valence electrons. The van der Waals surface area contributed by atoms with Crippen molar-refractivity contribution in [1.82, 2.24) is 0 Å². The van der Waals surface area contributed by atoms with Gasteiger partial charge in [-0.15, -0.1) is 0 Å². The summed E-state index contributed by atoms with van der Waals surface area (Å²) in [6, 6.07) is 12.5. The van der Waals surface area contributed by atoms with Crippen LogP contribution in [0.15, 0.2) is 52.9 Å². The molecule has 0 amide bonds. The maximum absolute atomic E-state index is 5.89. The van der Waals surface area contributed by atoms with E-state index in [2.05, 4.69) is 30.8 Å². The molecule has 0 unspecified atom stereocenters. The van der Waals surface area contributed by atoms with Crippen LogP contribution in [-0.4, -0.2) is 0 Å². The monoisotopic (exact) mass is 214 g/mol. The minimum absolute atomic E-state index is 0.875. The Morgan fingerprint density at radius 3 is 2.53 bits per heavy atom. The molecular weight excluding hydrogens is 204 g/mol. The summed E-state index contributed by atoms with van der Waals surface area (Å²) < 4.78 is 0. The van der Waals surface area contributed by atoms with Crippen molar-refractivity contribution < 1.29 is 0 Å². The molecule has 3 heteroatoms. The Balaban J connectivity index is 2.32. The molecule has 0 spiro atoms. The Bertz CT molecular complexity index is 563. The Hall–Kier alpha value is -1.45. The zero-order chi connectivity index (χ0) is 10.4. The standard InChI is InChI=1S/C12H10N2S/c1-8-14(13)11-6-9-4-2-3-5-10(9)7-12(11)15-8/h2-7H,1,13H2. The minimum atomic E-state index is 0.875. The molecule has 0 aliphatic carbocycles. The van der Waals surface area contributed by atoms with E-state index in [1.807, 2.05) is 12.1 Å². The van der Waals surface area contributed by atoms with Crippen molar-refractivity contribution in [3.63, 3.8) is 0 Å². The van der Waals surface area contributed by atoms with Gasteiger partial charge in [0.05, 0.1) is 10.7 Å². The van der Waals surface area contributed by atoms with Crippen LogP contribution >= 0.6 is 11.8 Å². The van der Waals surface area contributed by atoms with E-state index in [1.165, 1.54) is 15.7 Å². The SMILES string of the molecule is C=C1Sc2cc3ccccc3cc2N1N. The molecule has 2 nitrogen and oxygen atoms in total. The summed E-state index contributed by atoms with van der Waals surface area (Å²) in [7, 11) is 0. The van der Waals surface area contributed by atoms with Crippen LogP contribution in [-0.2, 0) is 0 Å². The molecule has 0 saturated heterocycles. The summed E-state index contributed by atoms with van der Waals surface area (Å²) in [5.41, 5.74) is 1.05. The van der Waals surface area contributed by atoms with Crippen molar-refractivity contribution in [1.29, 1.82) is 0 Å². The Kier molecular flexibility index (Phi) is 1.78. The van der Waals surface area contributed by atoms with Gasteiger partial charge in [0.2, 0.25) is 0 Å². The summed E-state index contributed by atoms with van der Waals surface area (Å²) in [6.07, 6.45) is 0. The largest absolute Gasteiger partial charge is 0.272 e. The molecule has 0 fully saturated rings. The molecule has 2 aromatic rings. The maximum atomic E-state index is 5.89. The van der Waals surface area contributed by atoms with E-state index >= 15 is 0 Å². The molecule has 2 N–H and O–H groups in total. The van der Waals surface area contributed by atoms with E-state index in [4.69, 9.17) is 5.84 Å². The fourth-order valence-corrected chi connectivity index (χ4v) is 2.69. The van der Waals surface area contributed by atoms with Crippen molar-refractivity contribution in [2.24, 2.45) is 5.84 Å². The normalized spacial score (nSPS) is 14.7. The van der Waals surface area contributed by atoms with Gasteiger partial charge in [0.1, 0.15) is 0 Å². The lowest BCUT2D eigenvalue weighted by molar-refractivity contribution is 1.07. The molecule has 3 rings (SSSR count). The number of nitrogens with zero attached hydrogens (tertiary/aromatic N) is 1. The first-order chi connectivity index (χ1) is 7.25. The van der Waals surface area contributed by atoms with E-state index in [0.717, 1.165) is 10.7 Å². The highest BCUT2D eigenvalue weighted by Gasteiger charge is 2.21. The van der Waals surface area contributed by atoms with Gasteiger partial charge in [-0.25, -0.2) is 5.84 Å². The lowest BCUT2D eigenvalue weighted by Crippen LogP contribution is -2.24. The fourth-order valence-electron chi connectivity index (χ4n) is 1.79. The first-order valence-corrected chi connectivity index (χ1v) is 5.52. The van der Waals surface area contributed by atoms with Gasteiger partial charge in [-0.1, -0.05) is 42.6 Å². The predicted octanol–water partition coefficient (Wildman–Crippen LogP) is 3.10. The second-order valence-electron chi connectivity index (χ2n) is 3.53. The van der Waals surface area contributed by atoms with Crippen LogP contribution in [0.2, 0.25) is 0 Å². The first-order valence-electron chi connectivity index (χ1n) is 4.70. The van der Waals surface area contributed by atoms with E-state index in [-0.39, 0.29) is 0 Å². The molecule has 1 aliphatic heterocycles. The smallest absolute Gasteiger partial charge is 0.0882 e. The molecular formula is C12H10N2S. The molecule has 1 aliphatic rings. The van der Waals surface area contributed by atoms with Crippen LogP contribution in [0.1, 0.15) is 0 Å². The zero-order valence-electron chi connectivity index (χ0n) is 8.10. The van der Waals surface area contributed by atoms with E-state index in [9.17, 15) is 0 Å². The van der Waals surface area contributed by atoms with Crippen molar-refractivity contribution in [2.45, 2.75) is 4.90 Å². The highest BCUT2D eigenvalue weighted by molar-refractivity contribution is 8.03. The third-order valence-electron chi connectivity index (χ3n) is 2.58. The molecule has 2 aromatic carbocycles. The summed E-state index contributed by atoms with van der Waals surface area (Å²) in [5.74, 6) is 5.89. The lowest BCUT2D eigenvalue weighted by atomic mass is 10.1. The second-order valence-corrected chi connectivity index (χ2v) is 4.65. The molecule has 15 heavy (non-hydrogen) atoms. The van der Waals surface area contributed by atoms with Crippen molar-refractivity contribution in [2.75, 3.05) is 5.01 Å². The number of anilines is 1. The third-order valence-corrected chi connectivity index (χ3v) is 3.56. The van der Waals surface area contributed by atoms with E-state index in [0.29, 0.717) is 0 Å². The summed E-state index contributed by atoms with van der Waals surface area (Å²) in [5, 5.41) is 4.97. The van der Waals surface area contributed by atoms with E-state index < -0.39 is 0 Å². The number of hydrogen-bond donors (Lipinski definition) is 1. The van der Waals surface area contributed by atoms with Crippen LogP contribution in [0.25, 0.3) is 10.8 Å². The average Bonchev–Trinajstić information content (AvgIpc) is 2.52. The summed E-state index contributed by atoms with van der Waals surface area (Å²) >= 11 is 1.62. The second kappa shape index (κ2) is 3.02. The van der Waals surface area contributed by atoms with Crippen LogP contribution in [0, 0.1) is 0 Å². The third kappa shape index (κ3) is 1.24. The molecule has 0 aromatic heterocycles. The van der Waals surface area contributed by atoms with E-state index in [1.54, 1.807) is 16.8 Å². The van der Waals surface area contributed by atoms with Crippen molar-refractivity contribution >= 4 is 28.2 Å². The van der Waals surface area contributed by atoms with Crippen LogP contribution < -0.4 is 10.9 Å². The summed E-state index contributed by atoms with van der Waals surface area (Å²) in [4.78, 5) is 1.18. The van der Waals surface area contributed by atoms with Crippen molar-refractivity contribution in [3.8, 4) is 0 Å². The Morgan fingerprint density at radius 2 is 1.80 bits per heavy atom. The van der Waals surface area contributed by atoms with Gasteiger partial charge >= 0.3 is 0 Å². The molecule has 0 radical (unpaired) electrons. The van der Waals surface area contributed by atoms with Crippen LogP contribution in [0.5, 0.6) is 0 Å². The fraction of sp³-hybridized carbons (Fsp3) is 0. The molecule has 0 atom stereocenters. The van der Waals surface area contributed by atoms with Gasteiger partial charge in [0.25, 0.3) is 0 Å². The topological polar surface area (TPSA) is 29.3 Å². The highest BCUT2D eigenvalue weighted by Crippen LogP contribution is 2.44. The number of thioether (sulfide) groups is 1. The molecule has 0 bridgehead atoms. The Morgan fingerprint density at radius 1 is 1.13 bits per heavy atom. The van der Waals surface area contributed by atoms with Gasteiger partial charge in [-0.3, -0.25) is 5.01 Å². The van der Waals surface area contributed by atoms with Gasteiger partial charge in [-0.05, 0) is 22.9 Å². The summed E-state index contributed by atoms with van der Waals surface area (Å²) in [6.45, 7) is 3.90. The number of benzene rings is 2. The predicted molar refractivity (Wildman–Crippen MR) is 65.6 cm³/mol. The van der Waals surface area contributed by atoms with Gasteiger partial charge in [-0.2, -0.15) is 0 Å². The Labute approximate surface area is 92.3 Å². The average molecular weight is 214 g/mol. The molecule has 0 saturated carbocycles. The number of hydrogen-bond acceptors (Lipinski definition) is 3. The van der Waals surface area contributed by atoms with Gasteiger partial charge in [0, 0.05) is 4.90 Å². The zero-order valence-corrected chi connectivity index (χ0v) is 8.92. The number of rotatable bonds is 0. The number of hydrazine groups is 1. The lowest BCUT2D eigenvalue weighted by Gasteiger charge is -2.11.